The van der Waals surface area contributed by atoms with Gasteiger partial charge in [0.1, 0.15) is 0 Å². The molecule has 0 atom stereocenters. The molecule has 0 aromatic carbocycles. The Morgan fingerprint density at radius 3 is 1.75 bits per heavy atom. The van der Waals surface area contributed by atoms with Crippen molar-refractivity contribution in [2.24, 2.45) is 0 Å². The molecular formula is C2ClNa. The van der Waals surface area contributed by atoms with Gasteiger partial charge < -0.3 is 6.42 Å². The quantitative estimate of drug-likeness (QED) is 0.176. The van der Waals surface area contributed by atoms with Crippen molar-refractivity contribution in [3.8, 4) is 5.38 Å². The number of hydrogen-bond donors (Lipinski definition) is 0. The largest absolute Gasteiger partial charge is 1.00 e. The van der Waals surface area contributed by atoms with Gasteiger partial charge in [-0.05, 0) is 0 Å². The van der Waals surface area contributed by atoms with Crippen LogP contribution in [0.3, 0.4) is 0 Å². The second-order valence-corrected chi connectivity index (χ2v) is 0.283. The molecule has 0 nitrogen and oxygen atoms in total. The van der Waals surface area contributed by atoms with Gasteiger partial charge in [0.2, 0.25) is 0 Å². The minimum atomic E-state index is 0. The molecule has 0 amide bonds. The molecule has 0 heterocycles. The summed E-state index contributed by atoms with van der Waals surface area (Å²) in [4.78, 5) is 0. The van der Waals surface area contributed by atoms with Gasteiger partial charge in [0.15, 0.2) is 0 Å². The van der Waals surface area contributed by atoms with E-state index in [0.29, 0.717) is 0 Å². The molecule has 0 aliphatic carbocycles. The van der Waals surface area contributed by atoms with Gasteiger partial charge in [0.25, 0.3) is 0 Å². The molecule has 0 spiro atoms. The second-order valence-electron chi connectivity index (χ2n) is 0.0945. The first-order chi connectivity index (χ1) is 1.41. The summed E-state index contributed by atoms with van der Waals surface area (Å²) in [6.07, 6.45) is 5.72. The summed E-state index contributed by atoms with van der Waals surface area (Å²) in [7, 11) is 0. The van der Waals surface area contributed by atoms with E-state index < -0.39 is 0 Å². The Morgan fingerprint density at radius 1 is 1.75 bits per heavy atom. The Kier molecular flexibility index (Phi) is 20.2. The molecule has 0 unspecified atom stereocenters. The van der Waals surface area contributed by atoms with Crippen LogP contribution in [0.25, 0.3) is 0 Å². The van der Waals surface area contributed by atoms with Crippen LogP contribution in [-0.2, 0) is 0 Å². The maximum Gasteiger partial charge on any atom is 1.00 e. The SMILES string of the molecule is [C-]#CCl.[Na+]. The second kappa shape index (κ2) is 9.14. The maximum absolute atomic E-state index is 5.72. The van der Waals surface area contributed by atoms with Crippen LogP contribution in [0.2, 0.25) is 0 Å². The number of rotatable bonds is 0. The van der Waals surface area contributed by atoms with E-state index in [1.807, 2.05) is 0 Å². The summed E-state index contributed by atoms with van der Waals surface area (Å²) in [5, 5.41) is 1.47. The van der Waals surface area contributed by atoms with Gasteiger partial charge in [0, 0.05) is 0 Å². The van der Waals surface area contributed by atoms with E-state index in [9.17, 15) is 0 Å². The average molecular weight is 82.5 g/mol. The third kappa shape index (κ3) is 13.5. The fourth-order valence-electron chi connectivity index (χ4n) is 0. The first-order valence-electron chi connectivity index (χ1n) is 0.439. The van der Waals surface area contributed by atoms with E-state index in [0.717, 1.165) is 0 Å². The van der Waals surface area contributed by atoms with Gasteiger partial charge in [-0.1, -0.05) is 11.6 Å². The van der Waals surface area contributed by atoms with Crippen LogP contribution in [0.1, 0.15) is 0 Å². The smallest absolute Gasteiger partial charge is 0.675 e. The van der Waals surface area contributed by atoms with Crippen LogP contribution in [0.4, 0.5) is 0 Å². The normalized spacial score (nSPS) is 2.00. The van der Waals surface area contributed by atoms with Crippen LogP contribution >= 0.6 is 11.6 Å². The Bertz CT molecular complexity index is 27.5. The van der Waals surface area contributed by atoms with Crippen molar-refractivity contribution in [2.45, 2.75) is 0 Å². The molecule has 0 radical (unpaired) electrons. The molecule has 0 saturated carbocycles. The van der Waals surface area contributed by atoms with Crippen LogP contribution < -0.4 is 29.6 Å². The van der Waals surface area contributed by atoms with Crippen LogP contribution in [0.5, 0.6) is 0 Å². The van der Waals surface area contributed by atoms with E-state index in [4.69, 9.17) is 6.42 Å². The molecule has 0 fully saturated rings. The van der Waals surface area contributed by atoms with Gasteiger partial charge >= 0.3 is 29.6 Å². The summed E-state index contributed by atoms with van der Waals surface area (Å²) in [6.45, 7) is 0. The maximum atomic E-state index is 5.72. The fourth-order valence-corrected chi connectivity index (χ4v) is 0. The molecule has 0 aromatic rings. The number of hydrogen-bond acceptors (Lipinski definition) is 0. The molecule has 0 bridgehead atoms. The van der Waals surface area contributed by atoms with Gasteiger partial charge in [-0.15, -0.1) is 0 Å². The van der Waals surface area contributed by atoms with Crippen molar-refractivity contribution in [1.82, 2.24) is 0 Å². The standard InChI is InChI=1S/C2Cl.Na/c1-2-3;/q-1;+1. The number of halogens is 1. The molecule has 0 saturated heterocycles. The van der Waals surface area contributed by atoms with E-state index in [1.54, 1.807) is 0 Å². The van der Waals surface area contributed by atoms with Crippen molar-refractivity contribution in [3.05, 3.63) is 6.42 Å². The fraction of sp³-hybridized carbons (Fsp3) is 0. The average Bonchev–Trinajstić information content (AvgIpc) is 0.918. The Labute approximate surface area is 52.8 Å². The van der Waals surface area contributed by atoms with Crippen LogP contribution in [0.15, 0.2) is 0 Å². The molecule has 0 N–H and O–H groups in total. The van der Waals surface area contributed by atoms with E-state index in [2.05, 4.69) is 11.6 Å². The minimum Gasteiger partial charge on any atom is -0.675 e. The summed E-state index contributed by atoms with van der Waals surface area (Å²) in [6, 6.07) is 0. The monoisotopic (exact) mass is 82.0 g/mol. The molecule has 0 aliphatic heterocycles. The molecule has 0 aromatic heterocycles. The van der Waals surface area contributed by atoms with E-state index in [-0.39, 0.29) is 29.6 Å². The first-order valence-corrected chi connectivity index (χ1v) is 0.817. The summed E-state index contributed by atoms with van der Waals surface area (Å²) in [5.41, 5.74) is 0. The molecule has 16 valence electrons. The first kappa shape index (κ1) is 8.85. The molecule has 2 heteroatoms. The Balaban J connectivity index is 0. The summed E-state index contributed by atoms with van der Waals surface area (Å²) in [5.74, 6) is 0. The summed E-state index contributed by atoms with van der Waals surface area (Å²) < 4.78 is 0. The van der Waals surface area contributed by atoms with Crippen molar-refractivity contribution in [1.29, 1.82) is 0 Å². The van der Waals surface area contributed by atoms with Crippen molar-refractivity contribution >= 4 is 11.6 Å². The zero-order chi connectivity index (χ0) is 2.71. The third-order valence-corrected chi connectivity index (χ3v) is 0. The topological polar surface area (TPSA) is 0 Å². The van der Waals surface area contributed by atoms with Crippen LogP contribution in [0, 0.1) is 11.8 Å². The predicted octanol–water partition coefficient (Wildman–Crippen LogP) is -2.22. The van der Waals surface area contributed by atoms with E-state index >= 15 is 0 Å². The van der Waals surface area contributed by atoms with Crippen molar-refractivity contribution in [3.63, 3.8) is 0 Å². The zero-order valence-electron chi connectivity index (χ0n) is 2.38. The van der Waals surface area contributed by atoms with Crippen molar-refractivity contribution < 1.29 is 29.6 Å². The van der Waals surface area contributed by atoms with Gasteiger partial charge in [0.05, 0.1) is 0 Å². The van der Waals surface area contributed by atoms with Gasteiger partial charge in [-0.3, -0.25) is 5.38 Å². The molecule has 0 rings (SSSR count). The van der Waals surface area contributed by atoms with Gasteiger partial charge in [-0.25, -0.2) is 0 Å². The van der Waals surface area contributed by atoms with Crippen molar-refractivity contribution in [2.75, 3.05) is 0 Å². The molecule has 0 aliphatic rings. The predicted molar refractivity (Wildman–Crippen MR) is 13.0 cm³/mol. The molecular weight excluding hydrogens is 82.5 g/mol. The van der Waals surface area contributed by atoms with Gasteiger partial charge in [-0.2, -0.15) is 0 Å². The van der Waals surface area contributed by atoms with E-state index in [1.165, 1.54) is 5.38 Å². The zero-order valence-corrected chi connectivity index (χ0v) is 5.13. The molecule has 4 heavy (non-hydrogen) atoms. The Hall–Kier alpha value is 0.850. The third-order valence-electron chi connectivity index (χ3n) is 0. The summed E-state index contributed by atoms with van der Waals surface area (Å²) >= 11 is 4.42. The Morgan fingerprint density at radius 2 is 1.75 bits per heavy atom. The van der Waals surface area contributed by atoms with Crippen LogP contribution in [-0.4, -0.2) is 0 Å². The minimum absolute atomic E-state index is 0.